The number of likely N-dealkylation sites (N-methyl/N-ethyl adjacent to an activating group) is 1. The van der Waals surface area contributed by atoms with Crippen LogP contribution in [-0.2, 0) is 0 Å². The maximum atomic E-state index is 13.6. The van der Waals surface area contributed by atoms with E-state index in [4.69, 9.17) is 20.8 Å². The molecule has 4 rings (SSSR count). The summed E-state index contributed by atoms with van der Waals surface area (Å²) in [4.78, 5) is 31.1. The zero-order chi connectivity index (χ0) is 23.0. The topological polar surface area (TPSA) is 63.0 Å². The lowest BCUT2D eigenvalue weighted by atomic mass is 9.98. The number of rotatable bonds is 7. The minimum Gasteiger partial charge on any atom is -0.497 e. The number of hydrogen-bond acceptors (Lipinski definition) is 5. The van der Waals surface area contributed by atoms with Gasteiger partial charge in [-0.2, -0.15) is 0 Å². The Morgan fingerprint density at radius 3 is 2.59 bits per heavy atom. The highest BCUT2D eigenvalue weighted by molar-refractivity contribution is 6.32. The first-order chi connectivity index (χ1) is 15.4. The minimum atomic E-state index is -0.552. The molecule has 1 amide bonds. The maximum Gasteiger partial charge on any atom is 0.290 e. The van der Waals surface area contributed by atoms with Crippen LogP contribution in [0.25, 0.3) is 11.0 Å². The van der Waals surface area contributed by atoms with Crippen LogP contribution in [0.15, 0.2) is 45.6 Å². The molecule has 2 heterocycles. The fourth-order valence-corrected chi connectivity index (χ4v) is 4.48. The van der Waals surface area contributed by atoms with Gasteiger partial charge in [-0.15, -0.1) is 0 Å². The van der Waals surface area contributed by atoms with Crippen LogP contribution in [0.4, 0.5) is 0 Å². The molecule has 32 heavy (non-hydrogen) atoms. The maximum absolute atomic E-state index is 13.6. The molecular weight excluding hydrogens is 428 g/mol. The van der Waals surface area contributed by atoms with Crippen molar-refractivity contribution in [2.75, 3.05) is 33.3 Å². The Morgan fingerprint density at radius 1 is 1.16 bits per heavy atom. The predicted molar refractivity (Wildman–Crippen MR) is 126 cm³/mol. The Morgan fingerprint density at radius 2 is 1.91 bits per heavy atom. The molecule has 2 aromatic carbocycles. The van der Waals surface area contributed by atoms with Crippen LogP contribution >= 0.6 is 11.6 Å². The van der Waals surface area contributed by atoms with Crippen LogP contribution in [0.3, 0.4) is 0 Å². The average Bonchev–Trinajstić information content (AvgIpc) is 3.08. The van der Waals surface area contributed by atoms with Crippen molar-refractivity contribution in [3.8, 4) is 5.75 Å². The zero-order valence-corrected chi connectivity index (χ0v) is 19.5. The summed E-state index contributed by atoms with van der Waals surface area (Å²) in [6.07, 6.45) is 0. The summed E-state index contributed by atoms with van der Waals surface area (Å²) < 4.78 is 11.4. The summed E-state index contributed by atoms with van der Waals surface area (Å²) in [5, 5.41) is 0.871. The Hall–Kier alpha value is -2.83. The van der Waals surface area contributed by atoms with Crippen LogP contribution in [0, 0.1) is 6.92 Å². The summed E-state index contributed by atoms with van der Waals surface area (Å²) in [5.74, 6) is 0.499. The molecule has 3 aromatic rings. The average molecular weight is 455 g/mol. The molecule has 0 radical (unpaired) electrons. The Balaban J connectivity index is 1.90. The van der Waals surface area contributed by atoms with Gasteiger partial charge in [-0.1, -0.05) is 37.6 Å². The van der Waals surface area contributed by atoms with Gasteiger partial charge in [-0.3, -0.25) is 9.59 Å². The van der Waals surface area contributed by atoms with Crippen LogP contribution in [0.2, 0.25) is 5.02 Å². The predicted octanol–water partition coefficient (Wildman–Crippen LogP) is 4.65. The van der Waals surface area contributed by atoms with Crippen molar-refractivity contribution in [2.45, 2.75) is 26.8 Å². The summed E-state index contributed by atoms with van der Waals surface area (Å²) in [7, 11) is 1.59. The number of benzene rings is 2. The molecule has 1 aromatic heterocycles. The van der Waals surface area contributed by atoms with Crippen LogP contribution < -0.4 is 10.2 Å². The molecule has 0 aliphatic carbocycles. The first-order valence-corrected chi connectivity index (χ1v) is 11.2. The molecule has 7 heteroatoms. The molecule has 1 unspecified atom stereocenters. The van der Waals surface area contributed by atoms with E-state index in [-0.39, 0.29) is 17.1 Å². The van der Waals surface area contributed by atoms with Gasteiger partial charge in [0.15, 0.2) is 5.43 Å². The molecule has 0 saturated carbocycles. The van der Waals surface area contributed by atoms with Crippen molar-refractivity contribution >= 4 is 28.5 Å². The van der Waals surface area contributed by atoms with E-state index in [9.17, 15) is 9.59 Å². The molecule has 0 saturated heterocycles. The second-order valence-corrected chi connectivity index (χ2v) is 8.38. The fourth-order valence-electron chi connectivity index (χ4n) is 4.32. The first kappa shape index (κ1) is 22.4. The van der Waals surface area contributed by atoms with E-state index in [1.165, 1.54) is 0 Å². The molecule has 1 aliphatic heterocycles. The first-order valence-electron chi connectivity index (χ1n) is 10.8. The molecular formula is C25H27ClN2O4. The lowest BCUT2D eigenvalue weighted by Gasteiger charge is -2.28. The van der Waals surface area contributed by atoms with E-state index in [1.807, 2.05) is 31.2 Å². The standard InChI is InChI=1S/C25H27ClN2O4/c1-5-27(6-2)10-11-28-22(16-8-7-9-17(13-16)31-4)21-23(29)18-14-19(26)15(3)12-20(18)32-24(21)25(28)30/h7-9,12-14,22H,5-6,10-11H2,1-4H3. The molecule has 0 N–H and O–H groups in total. The van der Waals surface area contributed by atoms with Crippen molar-refractivity contribution in [3.05, 3.63) is 74.1 Å². The third kappa shape index (κ3) is 3.78. The van der Waals surface area contributed by atoms with Gasteiger partial charge in [0.2, 0.25) is 5.76 Å². The van der Waals surface area contributed by atoms with E-state index in [0.717, 1.165) is 24.2 Å². The molecule has 6 nitrogen and oxygen atoms in total. The summed E-state index contributed by atoms with van der Waals surface area (Å²) in [6.45, 7) is 8.96. The summed E-state index contributed by atoms with van der Waals surface area (Å²) in [5.41, 5.74) is 2.10. The van der Waals surface area contributed by atoms with Gasteiger partial charge >= 0.3 is 0 Å². The van der Waals surface area contributed by atoms with E-state index in [2.05, 4.69) is 18.7 Å². The molecule has 1 atom stereocenters. The van der Waals surface area contributed by atoms with Gasteiger partial charge in [-0.25, -0.2) is 0 Å². The fraction of sp³-hybridized carbons (Fsp3) is 0.360. The second-order valence-electron chi connectivity index (χ2n) is 7.98. The molecule has 1 aliphatic rings. The molecule has 0 bridgehead atoms. The monoisotopic (exact) mass is 454 g/mol. The van der Waals surface area contributed by atoms with Crippen LogP contribution in [-0.4, -0.2) is 49.0 Å². The normalized spacial score (nSPS) is 15.6. The number of hydrogen-bond donors (Lipinski definition) is 0. The van der Waals surface area contributed by atoms with Crippen molar-refractivity contribution in [3.63, 3.8) is 0 Å². The highest BCUT2D eigenvalue weighted by Gasteiger charge is 2.42. The quantitative estimate of drug-likeness (QED) is 0.520. The number of methoxy groups -OCH3 is 1. The van der Waals surface area contributed by atoms with Crippen LogP contribution in [0.5, 0.6) is 5.75 Å². The van der Waals surface area contributed by atoms with E-state index >= 15 is 0 Å². The van der Waals surface area contributed by atoms with E-state index < -0.39 is 6.04 Å². The van der Waals surface area contributed by atoms with E-state index in [1.54, 1.807) is 24.1 Å². The van der Waals surface area contributed by atoms with Gasteiger partial charge in [0.25, 0.3) is 5.91 Å². The van der Waals surface area contributed by atoms with Gasteiger partial charge in [0.1, 0.15) is 11.3 Å². The lowest BCUT2D eigenvalue weighted by Crippen LogP contribution is -2.37. The third-order valence-electron chi connectivity index (χ3n) is 6.21. The Bertz CT molecular complexity index is 1230. The highest BCUT2D eigenvalue weighted by Crippen LogP contribution is 2.39. The van der Waals surface area contributed by atoms with Crippen molar-refractivity contribution in [2.24, 2.45) is 0 Å². The Labute approximate surface area is 192 Å². The number of carbonyl (C=O) groups is 1. The van der Waals surface area contributed by atoms with Gasteiger partial charge in [0.05, 0.1) is 24.1 Å². The van der Waals surface area contributed by atoms with Gasteiger partial charge < -0.3 is 19.0 Å². The third-order valence-corrected chi connectivity index (χ3v) is 6.62. The van der Waals surface area contributed by atoms with Gasteiger partial charge in [-0.05, 0) is 55.4 Å². The number of ether oxygens (including phenoxy) is 1. The number of carbonyl (C=O) groups excluding carboxylic acids is 1. The highest BCUT2D eigenvalue weighted by atomic mass is 35.5. The Kier molecular flexibility index (Phi) is 6.26. The summed E-state index contributed by atoms with van der Waals surface area (Å²) >= 11 is 6.30. The van der Waals surface area contributed by atoms with Gasteiger partial charge in [0, 0.05) is 18.1 Å². The second kappa shape index (κ2) is 8.96. The smallest absolute Gasteiger partial charge is 0.290 e. The number of nitrogens with zero attached hydrogens (tertiary/aromatic N) is 2. The largest absolute Gasteiger partial charge is 0.497 e. The van der Waals surface area contributed by atoms with Crippen molar-refractivity contribution < 1.29 is 13.9 Å². The zero-order valence-electron chi connectivity index (χ0n) is 18.8. The SMILES string of the molecule is CCN(CC)CCN1C(=O)c2oc3cc(C)c(Cl)cc3c(=O)c2C1c1cccc(OC)c1. The summed E-state index contributed by atoms with van der Waals surface area (Å²) in [6, 6.07) is 10.3. The van der Waals surface area contributed by atoms with Crippen LogP contribution in [0.1, 0.15) is 47.1 Å². The van der Waals surface area contributed by atoms with Crippen molar-refractivity contribution in [1.29, 1.82) is 0 Å². The lowest BCUT2D eigenvalue weighted by molar-refractivity contribution is 0.0708. The number of aryl methyl sites for hydroxylation is 1. The molecule has 168 valence electrons. The van der Waals surface area contributed by atoms with E-state index in [0.29, 0.717) is 40.4 Å². The number of amides is 1. The molecule has 0 fully saturated rings. The number of fused-ring (bicyclic) bond motifs is 2. The minimum absolute atomic E-state index is 0.108. The number of halogens is 1. The molecule has 0 spiro atoms. The van der Waals surface area contributed by atoms with Crippen molar-refractivity contribution in [1.82, 2.24) is 9.80 Å².